The summed E-state index contributed by atoms with van der Waals surface area (Å²) in [6, 6.07) is 3.27. The van der Waals surface area contributed by atoms with Gasteiger partial charge in [0.05, 0.1) is 4.92 Å². The molecule has 11 heteroatoms. The summed E-state index contributed by atoms with van der Waals surface area (Å²) in [6.45, 7) is 1.36. The number of aryl methyl sites for hydroxylation is 1. The van der Waals surface area contributed by atoms with E-state index in [1.165, 1.54) is 6.92 Å². The van der Waals surface area contributed by atoms with Crippen molar-refractivity contribution in [3.8, 4) is 0 Å². The van der Waals surface area contributed by atoms with E-state index in [0.29, 0.717) is 16.7 Å². The van der Waals surface area contributed by atoms with Crippen LogP contribution in [-0.4, -0.2) is 21.9 Å². The van der Waals surface area contributed by atoms with E-state index in [1.807, 2.05) is 0 Å². The summed E-state index contributed by atoms with van der Waals surface area (Å²) >= 11 is 0.337. The number of hydrogen-bond donors (Lipinski definition) is 0. The number of benzene rings is 1. The van der Waals surface area contributed by atoms with E-state index >= 15 is 0 Å². The Bertz CT molecular complexity index is 816. The van der Waals surface area contributed by atoms with Gasteiger partial charge in [0.15, 0.2) is 5.01 Å². The van der Waals surface area contributed by atoms with Gasteiger partial charge in [-0.25, -0.2) is 4.98 Å². The Hall–Kier alpha value is -2.43. The molecule has 1 heterocycles. The van der Waals surface area contributed by atoms with Crippen molar-refractivity contribution >= 4 is 22.8 Å². The van der Waals surface area contributed by atoms with E-state index in [2.05, 4.69) is 4.98 Å². The lowest BCUT2D eigenvalue weighted by atomic mass is 10.1. The van der Waals surface area contributed by atoms with Crippen LogP contribution in [-0.2, 0) is 5.92 Å². The van der Waals surface area contributed by atoms with Gasteiger partial charge in [0.1, 0.15) is 5.69 Å². The first-order chi connectivity index (χ1) is 10.9. The lowest BCUT2D eigenvalue weighted by Gasteiger charge is -2.16. The molecule has 1 aromatic carbocycles. The average Bonchev–Trinajstić information content (AvgIpc) is 2.95. The topological polar surface area (TPSA) is 73.1 Å². The molecular weight excluding hydrogens is 359 g/mol. The molecule has 128 valence electrons. The molecule has 0 spiro atoms. The molecule has 2 rings (SSSR count). The van der Waals surface area contributed by atoms with Crippen LogP contribution < -0.4 is 0 Å². The minimum absolute atomic E-state index is 0.102. The van der Waals surface area contributed by atoms with Crippen molar-refractivity contribution in [3.05, 3.63) is 55.5 Å². The van der Waals surface area contributed by atoms with Gasteiger partial charge in [0, 0.05) is 22.6 Å². The van der Waals surface area contributed by atoms with E-state index < -0.39 is 33.5 Å². The molecule has 0 bridgehead atoms. The third-order valence-electron chi connectivity index (χ3n) is 3.03. The summed E-state index contributed by atoms with van der Waals surface area (Å²) in [5, 5.41) is 10.6. The Morgan fingerprint density at radius 3 is 2.38 bits per heavy atom. The quantitative estimate of drug-likeness (QED) is 0.351. The molecule has 1 aromatic heterocycles. The van der Waals surface area contributed by atoms with Crippen LogP contribution in [0.4, 0.5) is 27.6 Å². The highest BCUT2D eigenvalue weighted by atomic mass is 32.1. The predicted octanol–water partition coefficient (Wildman–Crippen LogP) is 4.24. The fourth-order valence-corrected chi connectivity index (χ4v) is 2.59. The second-order valence-electron chi connectivity index (χ2n) is 4.70. The van der Waals surface area contributed by atoms with Gasteiger partial charge < -0.3 is 0 Å². The molecule has 0 atom stereocenters. The summed E-state index contributed by atoms with van der Waals surface area (Å²) in [5.74, 6) is -6.07. The number of rotatable bonds is 4. The lowest BCUT2D eigenvalue weighted by Crippen LogP contribution is -2.34. The molecule has 0 aliphatic carbocycles. The van der Waals surface area contributed by atoms with Crippen LogP contribution in [0.5, 0.6) is 0 Å². The normalized spacial score (nSPS) is 12.2. The monoisotopic (exact) mass is 366 g/mol. The van der Waals surface area contributed by atoms with Gasteiger partial charge in [-0.15, -0.1) is 11.3 Å². The Morgan fingerprint density at radius 1 is 1.25 bits per heavy atom. The number of nitro groups is 1. The number of carbonyl (C=O) groups is 1. The number of halogens is 5. The highest BCUT2D eigenvalue weighted by molar-refractivity contribution is 7.12. The van der Waals surface area contributed by atoms with E-state index in [-0.39, 0.29) is 16.8 Å². The molecule has 0 saturated carbocycles. The van der Waals surface area contributed by atoms with E-state index in [4.69, 9.17) is 0 Å². The molecule has 0 N–H and O–H groups in total. The number of carbonyl (C=O) groups excluding carboxylic acids is 1. The summed E-state index contributed by atoms with van der Waals surface area (Å²) in [5.41, 5.74) is -1.78. The first-order valence-electron chi connectivity index (χ1n) is 6.15. The van der Waals surface area contributed by atoms with Crippen LogP contribution in [0, 0.1) is 17.0 Å². The molecular formula is C13H7F5N2O3S. The Labute approximate surface area is 134 Å². The highest BCUT2D eigenvalue weighted by Crippen LogP contribution is 2.44. The third kappa shape index (κ3) is 3.11. The van der Waals surface area contributed by atoms with Crippen molar-refractivity contribution < 1.29 is 31.7 Å². The summed E-state index contributed by atoms with van der Waals surface area (Å²) in [4.78, 5) is 25.2. The van der Waals surface area contributed by atoms with E-state index in [9.17, 15) is 36.9 Å². The van der Waals surface area contributed by atoms with Crippen LogP contribution in [0.2, 0.25) is 0 Å². The smallest absolute Gasteiger partial charge is 0.286 e. The number of alkyl halides is 5. The summed E-state index contributed by atoms with van der Waals surface area (Å²) in [7, 11) is 0. The van der Waals surface area contributed by atoms with Crippen molar-refractivity contribution in [1.82, 2.24) is 4.98 Å². The fraction of sp³-hybridized carbons (Fsp3) is 0.231. The van der Waals surface area contributed by atoms with Crippen LogP contribution in [0.3, 0.4) is 0 Å². The standard InChI is InChI=1S/C13H7F5N2O3S/c1-6-4-7(2-3-8(6)20(22)23)10(21)11-19-9(5-24-11)12(14,15)13(16,17)18/h2-5H,1H3. The first kappa shape index (κ1) is 17.9. The van der Waals surface area contributed by atoms with Gasteiger partial charge in [-0.3, -0.25) is 14.9 Å². The van der Waals surface area contributed by atoms with Gasteiger partial charge in [-0.05, 0) is 19.1 Å². The number of hydrogen-bond acceptors (Lipinski definition) is 5. The molecule has 5 nitrogen and oxygen atoms in total. The lowest BCUT2D eigenvalue weighted by molar-refractivity contribution is -0.385. The van der Waals surface area contributed by atoms with Crippen molar-refractivity contribution in [1.29, 1.82) is 0 Å². The molecule has 2 aromatic rings. The fourth-order valence-electron chi connectivity index (χ4n) is 1.79. The van der Waals surface area contributed by atoms with Crippen molar-refractivity contribution in [2.24, 2.45) is 0 Å². The van der Waals surface area contributed by atoms with E-state index in [0.717, 1.165) is 18.2 Å². The van der Waals surface area contributed by atoms with Crippen LogP contribution in [0.25, 0.3) is 0 Å². The Balaban J connectivity index is 2.36. The van der Waals surface area contributed by atoms with E-state index in [1.54, 1.807) is 0 Å². The number of nitrogens with zero attached hydrogens (tertiary/aromatic N) is 2. The van der Waals surface area contributed by atoms with Crippen LogP contribution in [0.1, 0.15) is 26.6 Å². The molecule has 0 aliphatic rings. The molecule has 0 unspecified atom stereocenters. The zero-order valence-electron chi connectivity index (χ0n) is 11.7. The minimum Gasteiger partial charge on any atom is -0.286 e. The zero-order chi connectivity index (χ0) is 18.3. The molecule has 0 fully saturated rings. The first-order valence-corrected chi connectivity index (χ1v) is 7.03. The van der Waals surface area contributed by atoms with Gasteiger partial charge in [0.2, 0.25) is 5.78 Å². The predicted molar refractivity (Wildman–Crippen MR) is 73.3 cm³/mol. The van der Waals surface area contributed by atoms with Crippen LogP contribution in [0.15, 0.2) is 23.6 Å². The maximum Gasteiger partial charge on any atom is 0.459 e. The van der Waals surface area contributed by atoms with Crippen molar-refractivity contribution in [2.45, 2.75) is 19.0 Å². The highest BCUT2D eigenvalue weighted by Gasteiger charge is 2.60. The van der Waals surface area contributed by atoms with Crippen LogP contribution >= 0.6 is 11.3 Å². The number of thiazole rings is 1. The van der Waals surface area contributed by atoms with Gasteiger partial charge in [0.25, 0.3) is 5.69 Å². The number of nitro benzene ring substituents is 1. The third-order valence-corrected chi connectivity index (χ3v) is 3.87. The molecule has 0 amide bonds. The van der Waals surface area contributed by atoms with Crippen molar-refractivity contribution in [3.63, 3.8) is 0 Å². The maximum absolute atomic E-state index is 13.2. The summed E-state index contributed by atoms with van der Waals surface area (Å²) in [6.07, 6.45) is -5.83. The second kappa shape index (κ2) is 5.89. The van der Waals surface area contributed by atoms with Gasteiger partial charge in [-0.1, -0.05) is 0 Å². The molecule has 0 radical (unpaired) electrons. The minimum atomic E-state index is -5.83. The molecule has 0 saturated heterocycles. The summed E-state index contributed by atoms with van der Waals surface area (Å²) < 4.78 is 63.2. The second-order valence-corrected chi connectivity index (χ2v) is 5.56. The Kier molecular flexibility index (Phi) is 4.40. The largest absolute Gasteiger partial charge is 0.459 e. The Morgan fingerprint density at radius 2 is 1.88 bits per heavy atom. The zero-order valence-corrected chi connectivity index (χ0v) is 12.5. The average molecular weight is 366 g/mol. The van der Waals surface area contributed by atoms with Crippen molar-refractivity contribution in [2.75, 3.05) is 0 Å². The SMILES string of the molecule is Cc1cc(C(=O)c2nc(C(F)(F)C(F)(F)F)cs2)ccc1[N+](=O)[O-]. The van der Waals surface area contributed by atoms with Gasteiger partial charge >= 0.3 is 12.1 Å². The molecule has 0 aliphatic heterocycles. The van der Waals surface area contributed by atoms with Gasteiger partial charge in [-0.2, -0.15) is 22.0 Å². The number of ketones is 1. The number of aromatic nitrogens is 1. The maximum atomic E-state index is 13.2. The molecule has 24 heavy (non-hydrogen) atoms.